The van der Waals surface area contributed by atoms with Crippen LogP contribution in [0, 0.1) is 12.7 Å². The summed E-state index contributed by atoms with van der Waals surface area (Å²) in [6.07, 6.45) is 0.0352. The number of ether oxygens (including phenoxy) is 1. The van der Waals surface area contributed by atoms with Crippen LogP contribution in [0.25, 0.3) is 16.2 Å². The van der Waals surface area contributed by atoms with Crippen LogP contribution in [0.4, 0.5) is 15.9 Å². The Bertz CT molecular complexity index is 1230. The number of fused-ring (bicyclic) bond motifs is 1. The molecule has 4 rings (SSSR count). The van der Waals surface area contributed by atoms with Gasteiger partial charge in [-0.1, -0.05) is 41.4 Å². The van der Waals surface area contributed by atoms with Crippen molar-refractivity contribution in [1.82, 2.24) is 9.38 Å². The number of carbonyl (C=O) groups is 1. The summed E-state index contributed by atoms with van der Waals surface area (Å²) in [6, 6.07) is 9.98. The minimum absolute atomic E-state index is 0.0352. The van der Waals surface area contributed by atoms with E-state index in [1.165, 1.54) is 30.6 Å². The molecular formula is C21H16Cl2FN3O2S. The van der Waals surface area contributed by atoms with Crippen LogP contribution < -0.4 is 5.32 Å². The van der Waals surface area contributed by atoms with E-state index in [1.807, 2.05) is 24.4 Å². The fraction of sp³-hybridized carbons (Fsp3) is 0.143. The van der Waals surface area contributed by atoms with Crippen LogP contribution in [0.5, 0.6) is 0 Å². The Kier molecular flexibility index (Phi) is 5.69. The molecule has 1 N–H and O–H groups in total. The van der Waals surface area contributed by atoms with Crippen LogP contribution in [-0.2, 0) is 16.0 Å². The number of benzene rings is 2. The first-order valence-corrected chi connectivity index (χ1v) is 10.6. The van der Waals surface area contributed by atoms with Gasteiger partial charge in [0.05, 0.1) is 34.8 Å². The van der Waals surface area contributed by atoms with Crippen molar-refractivity contribution in [3.63, 3.8) is 0 Å². The Morgan fingerprint density at radius 2 is 1.97 bits per heavy atom. The number of aryl methyl sites for hydroxylation is 1. The first-order chi connectivity index (χ1) is 14.4. The monoisotopic (exact) mass is 463 g/mol. The van der Waals surface area contributed by atoms with Gasteiger partial charge in [-0.2, -0.15) is 0 Å². The van der Waals surface area contributed by atoms with E-state index in [4.69, 9.17) is 27.9 Å². The number of hydrogen-bond donors (Lipinski definition) is 1. The Morgan fingerprint density at radius 3 is 2.67 bits per heavy atom. The molecule has 0 fully saturated rings. The van der Waals surface area contributed by atoms with Gasteiger partial charge in [-0.15, -0.1) is 11.3 Å². The molecule has 0 radical (unpaired) electrons. The summed E-state index contributed by atoms with van der Waals surface area (Å²) in [5, 5.41) is 5.85. The topological polar surface area (TPSA) is 55.6 Å². The van der Waals surface area contributed by atoms with Gasteiger partial charge in [0.25, 0.3) is 0 Å². The number of aromatic nitrogens is 2. The minimum Gasteiger partial charge on any atom is -0.469 e. The third kappa shape index (κ3) is 3.64. The number of anilines is 2. The van der Waals surface area contributed by atoms with Crippen molar-refractivity contribution in [1.29, 1.82) is 0 Å². The van der Waals surface area contributed by atoms with Gasteiger partial charge in [-0.05, 0) is 30.7 Å². The number of nitrogens with one attached hydrogen (secondary N) is 1. The van der Waals surface area contributed by atoms with Gasteiger partial charge < -0.3 is 10.1 Å². The van der Waals surface area contributed by atoms with E-state index in [0.717, 1.165) is 5.56 Å². The smallest absolute Gasteiger partial charge is 0.311 e. The summed E-state index contributed by atoms with van der Waals surface area (Å²) >= 11 is 14.1. The van der Waals surface area contributed by atoms with Crippen LogP contribution in [-0.4, -0.2) is 22.5 Å². The standard InChI is InChI=1S/C21H16Cl2FN3O2S/c1-11-5-3-7-14(23)18(11)25-20-19(17-13(22)6-4-8-15(17)24)26-21-27(20)12(10-30-21)9-16(28)29-2/h3-8,10,25H,9H2,1-2H3. The van der Waals surface area contributed by atoms with Gasteiger partial charge in [0.15, 0.2) is 4.96 Å². The predicted molar refractivity (Wildman–Crippen MR) is 119 cm³/mol. The molecule has 2 heterocycles. The number of carbonyl (C=O) groups excluding carboxylic acids is 1. The fourth-order valence-electron chi connectivity index (χ4n) is 3.18. The van der Waals surface area contributed by atoms with E-state index in [1.54, 1.807) is 16.5 Å². The largest absolute Gasteiger partial charge is 0.469 e. The van der Waals surface area contributed by atoms with Crippen molar-refractivity contribution < 1.29 is 13.9 Å². The summed E-state index contributed by atoms with van der Waals surface area (Å²) in [6.45, 7) is 1.91. The van der Waals surface area contributed by atoms with Crippen molar-refractivity contribution in [2.24, 2.45) is 0 Å². The second-order valence-corrected chi connectivity index (χ2v) is 8.21. The number of thiazole rings is 1. The molecule has 30 heavy (non-hydrogen) atoms. The first-order valence-electron chi connectivity index (χ1n) is 8.93. The van der Waals surface area contributed by atoms with Crippen LogP contribution in [0.2, 0.25) is 10.0 Å². The average Bonchev–Trinajstić information content (AvgIpc) is 3.25. The summed E-state index contributed by atoms with van der Waals surface area (Å²) < 4.78 is 21.3. The van der Waals surface area contributed by atoms with Gasteiger partial charge in [0.2, 0.25) is 0 Å². The highest BCUT2D eigenvalue weighted by atomic mass is 35.5. The normalized spacial score (nSPS) is 11.1. The molecule has 4 aromatic rings. The average molecular weight is 464 g/mol. The molecular weight excluding hydrogens is 448 g/mol. The van der Waals surface area contributed by atoms with Crippen LogP contribution in [0.15, 0.2) is 41.8 Å². The molecule has 0 saturated carbocycles. The molecule has 0 bridgehead atoms. The lowest BCUT2D eigenvalue weighted by Gasteiger charge is -2.14. The highest BCUT2D eigenvalue weighted by Crippen LogP contribution is 2.40. The number of esters is 1. The van der Waals surface area contributed by atoms with E-state index in [0.29, 0.717) is 32.9 Å². The third-order valence-electron chi connectivity index (χ3n) is 4.65. The number of methoxy groups -OCH3 is 1. The van der Waals surface area contributed by atoms with Crippen molar-refractivity contribution in [3.8, 4) is 11.3 Å². The van der Waals surface area contributed by atoms with Crippen molar-refractivity contribution >= 4 is 57.0 Å². The van der Waals surface area contributed by atoms with E-state index < -0.39 is 11.8 Å². The Morgan fingerprint density at radius 1 is 1.23 bits per heavy atom. The maximum Gasteiger partial charge on any atom is 0.311 e. The minimum atomic E-state index is -0.498. The summed E-state index contributed by atoms with van der Waals surface area (Å²) in [4.78, 5) is 17.1. The van der Waals surface area contributed by atoms with Gasteiger partial charge in [0, 0.05) is 11.1 Å². The van der Waals surface area contributed by atoms with E-state index >= 15 is 0 Å². The molecule has 0 aliphatic heterocycles. The summed E-state index contributed by atoms with van der Waals surface area (Å²) in [5.41, 5.74) is 2.71. The molecule has 0 atom stereocenters. The maximum absolute atomic E-state index is 14.8. The van der Waals surface area contributed by atoms with Crippen LogP contribution in [0.1, 0.15) is 11.3 Å². The molecule has 154 valence electrons. The molecule has 0 aliphatic rings. The summed E-state index contributed by atoms with van der Waals surface area (Å²) in [7, 11) is 1.33. The number of nitrogens with zero attached hydrogens (tertiary/aromatic N) is 2. The zero-order valence-electron chi connectivity index (χ0n) is 16.0. The Hall–Kier alpha value is -2.61. The summed E-state index contributed by atoms with van der Waals surface area (Å²) in [5.74, 6) is -0.427. The van der Waals surface area contributed by atoms with Crippen LogP contribution in [0.3, 0.4) is 0 Å². The second kappa shape index (κ2) is 8.26. The SMILES string of the molecule is COC(=O)Cc1csc2nc(-c3c(F)cccc3Cl)c(Nc3c(C)cccc3Cl)n12. The zero-order valence-corrected chi connectivity index (χ0v) is 18.3. The van der Waals surface area contributed by atoms with Gasteiger partial charge in [0.1, 0.15) is 17.3 Å². The molecule has 0 unspecified atom stereocenters. The maximum atomic E-state index is 14.8. The predicted octanol–water partition coefficient (Wildman–Crippen LogP) is 6.28. The molecule has 0 saturated heterocycles. The number of para-hydroxylation sites is 1. The number of halogens is 3. The lowest BCUT2D eigenvalue weighted by atomic mass is 10.1. The number of rotatable bonds is 5. The molecule has 0 amide bonds. The highest BCUT2D eigenvalue weighted by Gasteiger charge is 2.24. The van der Waals surface area contributed by atoms with Crippen LogP contribution >= 0.6 is 34.5 Å². The highest BCUT2D eigenvalue weighted by molar-refractivity contribution is 7.15. The first kappa shape index (κ1) is 20.7. The third-order valence-corrected chi connectivity index (χ3v) is 6.16. The number of hydrogen-bond acceptors (Lipinski definition) is 5. The van der Waals surface area contributed by atoms with E-state index in [2.05, 4.69) is 10.3 Å². The van der Waals surface area contributed by atoms with Crippen molar-refractivity contribution in [2.45, 2.75) is 13.3 Å². The van der Waals surface area contributed by atoms with Gasteiger partial charge in [-0.3, -0.25) is 9.20 Å². The van der Waals surface area contributed by atoms with Crippen molar-refractivity contribution in [3.05, 3.63) is 68.9 Å². The molecule has 0 spiro atoms. The fourth-order valence-corrected chi connectivity index (χ4v) is 4.59. The molecule has 9 heteroatoms. The molecule has 2 aromatic carbocycles. The van der Waals surface area contributed by atoms with E-state index in [-0.39, 0.29) is 17.0 Å². The lowest BCUT2D eigenvalue weighted by Crippen LogP contribution is -2.08. The Labute approximate surface area is 186 Å². The molecule has 0 aliphatic carbocycles. The molecule has 2 aromatic heterocycles. The zero-order chi connectivity index (χ0) is 21.4. The lowest BCUT2D eigenvalue weighted by molar-refractivity contribution is -0.139. The van der Waals surface area contributed by atoms with Gasteiger partial charge in [-0.25, -0.2) is 9.37 Å². The number of imidazole rings is 1. The van der Waals surface area contributed by atoms with Gasteiger partial charge >= 0.3 is 5.97 Å². The second-order valence-electron chi connectivity index (χ2n) is 6.56. The quantitative estimate of drug-likeness (QED) is 0.354. The van der Waals surface area contributed by atoms with Crippen molar-refractivity contribution in [2.75, 3.05) is 12.4 Å². The van der Waals surface area contributed by atoms with E-state index in [9.17, 15) is 9.18 Å². The molecule has 5 nitrogen and oxygen atoms in total. The Balaban J connectivity index is 1.98.